The van der Waals surface area contributed by atoms with Gasteiger partial charge in [-0.1, -0.05) is 30.3 Å². The summed E-state index contributed by atoms with van der Waals surface area (Å²) in [5.74, 6) is -0.316. The first kappa shape index (κ1) is 19.6. The molecule has 0 aliphatic carbocycles. The van der Waals surface area contributed by atoms with Crippen LogP contribution in [0.25, 0.3) is 10.9 Å². The lowest BCUT2D eigenvalue weighted by Crippen LogP contribution is -2.07. The van der Waals surface area contributed by atoms with Gasteiger partial charge >= 0.3 is 0 Å². The van der Waals surface area contributed by atoms with Gasteiger partial charge in [-0.05, 0) is 49.2 Å². The number of halogens is 2. The van der Waals surface area contributed by atoms with Crippen LogP contribution in [0.5, 0.6) is 5.88 Å². The first-order valence-electron chi connectivity index (χ1n) is 9.49. The Morgan fingerprint density at radius 3 is 2.50 bits per heavy atom. The van der Waals surface area contributed by atoms with Crippen molar-refractivity contribution < 1.29 is 13.5 Å². The normalized spacial score (nSPS) is 10.9. The van der Waals surface area contributed by atoms with Crippen LogP contribution in [0.2, 0.25) is 0 Å². The van der Waals surface area contributed by atoms with Gasteiger partial charge in [0.05, 0.1) is 6.54 Å². The number of ether oxygens (including phenoxy) is 1. The third-order valence-corrected chi connectivity index (χ3v) is 5.27. The fourth-order valence-corrected chi connectivity index (χ4v) is 3.51. The van der Waals surface area contributed by atoms with Crippen molar-refractivity contribution in [2.24, 2.45) is 0 Å². The summed E-state index contributed by atoms with van der Waals surface area (Å²) in [6, 6.07) is 16.4. The number of rotatable bonds is 5. The molecule has 0 atom stereocenters. The van der Waals surface area contributed by atoms with E-state index in [0.717, 1.165) is 22.2 Å². The van der Waals surface area contributed by atoms with Crippen molar-refractivity contribution in [3.8, 4) is 11.9 Å². The molecule has 0 bridgehead atoms. The van der Waals surface area contributed by atoms with Crippen LogP contribution >= 0.6 is 0 Å². The molecule has 0 saturated heterocycles. The molecule has 0 N–H and O–H groups in total. The predicted octanol–water partition coefficient (Wildman–Crippen LogP) is 5.43. The predicted molar refractivity (Wildman–Crippen MR) is 110 cm³/mol. The Labute approximate surface area is 173 Å². The number of aryl methyl sites for hydroxylation is 1. The number of benzene rings is 2. The average Bonchev–Trinajstić information content (AvgIpc) is 2.99. The summed E-state index contributed by atoms with van der Waals surface area (Å²) in [6.07, 6.45) is 0. The molecule has 2 aromatic carbocycles. The van der Waals surface area contributed by atoms with E-state index in [4.69, 9.17) is 4.74 Å². The Bertz CT molecular complexity index is 1270. The van der Waals surface area contributed by atoms with Crippen LogP contribution in [0.4, 0.5) is 8.78 Å². The van der Waals surface area contributed by atoms with Crippen molar-refractivity contribution in [1.29, 1.82) is 5.26 Å². The van der Waals surface area contributed by atoms with Crippen LogP contribution < -0.4 is 4.74 Å². The van der Waals surface area contributed by atoms with E-state index >= 15 is 0 Å². The van der Waals surface area contributed by atoms with Gasteiger partial charge in [0.2, 0.25) is 5.88 Å². The molecule has 0 saturated carbocycles. The monoisotopic (exact) mass is 403 g/mol. The van der Waals surface area contributed by atoms with Crippen LogP contribution in [0.1, 0.15) is 28.1 Å². The van der Waals surface area contributed by atoms with Crippen molar-refractivity contribution in [2.75, 3.05) is 0 Å². The minimum Gasteiger partial charge on any atom is -0.471 e. The maximum atomic E-state index is 14.3. The topological polar surface area (TPSA) is 50.8 Å². The van der Waals surface area contributed by atoms with E-state index in [-0.39, 0.29) is 23.9 Å². The Hall–Kier alpha value is -3.72. The summed E-state index contributed by atoms with van der Waals surface area (Å²) in [6.45, 7) is 4.38. The summed E-state index contributed by atoms with van der Waals surface area (Å²) in [7, 11) is 0. The quantitative estimate of drug-likeness (QED) is 0.446. The van der Waals surface area contributed by atoms with Crippen LogP contribution in [-0.2, 0) is 13.2 Å². The van der Waals surface area contributed by atoms with Gasteiger partial charge in [0.15, 0.2) is 0 Å². The van der Waals surface area contributed by atoms with E-state index in [1.165, 1.54) is 18.2 Å². The largest absolute Gasteiger partial charge is 0.471 e. The van der Waals surface area contributed by atoms with Crippen molar-refractivity contribution in [2.45, 2.75) is 27.0 Å². The highest BCUT2D eigenvalue weighted by Gasteiger charge is 2.19. The number of nitriles is 1. The zero-order valence-corrected chi connectivity index (χ0v) is 16.6. The lowest BCUT2D eigenvalue weighted by atomic mass is 10.1. The second-order valence-electron chi connectivity index (χ2n) is 7.12. The molecule has 4 aromatic rings. The Morgan fingerprint density at radius 1 is 1.07 bits per heavy atom. The van der Waals surface area contributed by atoms with Gasteiger partial charge in [0.1, 0.15) is 35.5 Å². The van der Waals surface area contributed by atoms with E-state index < -0.39 is 0 Å². The van der Waals surface area contributed by atoms with Crippen LogP contribution in [0.3, 0.4) is 0 Å². The smallest absolute Gasteiger partial charge is 0.240 e. The van der Waals surface area contributed by atoms with Gasteiger partial charge in [-0.2, -0.15) is 5.26 Å². The number of hydrogen-bond acceptors (Lipinski definition) is 3. The fraction of sp³-hybridized carbons (Fsp3) is 0.167. The molecule has 0 aliphatic heterocycles. The van der Waals surface area contributed by atoms with E-state index in [1.807, 2.05) is 18.4 Å². The number of aromatic nitrogens is 2. The minimum atomic E-state index is -0.323. The number of nitrogens with zero attached hydrogens (tertiary/aromatic N) is 3. The van der Waals surface area contributed by atoms with Gasteiger partial charge in [-0.25, -0.2) is 13.8 Å². The third-order valence-electron chi connectivity index (χ3n) is 5.27. The van der Waals surface area contributed by atoms with Crippen molar-refractivity contribution in [1.82, 2.24) is 9.55 Å². The van der Waals surface area contributed by atoms with Crippen LogP contribution in [-0.4, -0.2) is 9.55 Å². The summed E-state index contributed by atoms with van der Waals surface area (Å²) < 4.78 is 35.4. The molecule has 30 heavy (non-hydrogen) atoms. The first-order chi connectivity index (χ1) is 14.5. The van der Waals surface area contributed by atoms with Gasteiger partial charge in [0, 0.05) is 16.6 Å². The highest BCUT2D eigenvalue weighted by atomic mass is 19.1. The van der Waals surface area contributed by atoms with Gasteiger partial charge in [-0.3, -0.25) is 0 Å². The van der Waals surface area contributed by atoms with Gasteiger partial charge in [0.25, 0.3) is 0 Å². The molecular formula is C24H19F2N3O. The molecule has 0 unspecified atom stereocenters. The van der Waals surface area contributed by atoms with E-state index in [9.17, 15) is 14.0 Å². The molecule has 2 aromatic heterocycles. The average molecular weight is 403 g/mol. The highest BCUT2D eigenvalue weighted by molar-refractivity contribution is 5.90. The molecule has 6 heteroatoms. The lowest BCUT2D eigenvalue weighted by Gasteiger charge is -2.13. The van der Waals surface area contributed by atoms with E-state index in [1.54, 1.807) is 36.4 Å². The SMILES string of the molecule is Cc1c(C)n(Cc2ccccc2F)c2c(OCc3ccc(F)cc3)nc(C#N)cc12. The maximum absolute atomic E-state index is 14.3. The molecule has 0 aliphatic rings. The maximum Gasteiger partial charge on any atom is 0.240 e. The molecule has 0 fully saturated rings. The number of pyridine rings is 1. The molecular weight excluding hydrogens is 384 g/mol. The second-order valence-corrected chi connectivity index (χ2v) is 7.12. The lowest BCUT2D eigenvalue weighted by molar-refractivity contribution is 0.296. The van der Waals surface area contributed by atoms with Crippen molar-refractivity contribution in [3.05, 3.63) is 94.3 Å². The van der Waals surface area contributed by atoms with Crippen LogP contribution in [0, 0.1) is 36.8 Å². The minimum absolute atomic E-state index is 0.167. The summed E-state index contributed by atoms with van der Waals surface area (Å²) >= 11 is 0. The molecule has 2 heterocycles. The van der Waals surface area contributed by atoms with Crippen molar-refractivity contribution in [3.63, 3.8) is 0 Å². The summed E-state index contributed by atoms with van der Waals surface area (Å²) in [4.78, 5) is 4.36. The van der Waals surface area contributed by atoms with Gasteiger partial charge in [-0.15, -0.1) is 0 Å². The molecule has 4 rings (SSSR count). The summed E-state index contributed by atoms with van der Waals surface area (Å²) in [5, 5.41) is 10.2. The molecule has 0 amide bonds. The second kappa shape index (κ2) is 7.96. The number of fused-ring (bicyclic) bond motifs is 1. The first-order valence-corrected chi connectivity index (χ1v) is 9.49. The molecule has 0 radical (unpaired) electrons. The highest BCUT2D eigenvalue weighted by Crippen LogP contribution is 2.33. The molecule has 150 valence electrons. The Balaban J connectivity index is 1.81. The summed E-state index contributed by atoms with van der Waals surface area (Å²) in [5.41, 5.74) is 4.18. The standard InChI is InChI=1S/C24H19F2N3O/c1-15-16(2)29(13-18-5-3-4-6-22(18)26)23-21(15)11-20(12-27)28-24(23)30-14-17-7-9-19(25)10-8-17/h3-11H,13-14H2,1-2H3. The van der Waals surface area contributed by atoms with Gasteiger partial charge < -0.3 is 9.30 Å². The third kappa shape index (κ3) is 3.62. The van der Waals surface area contributed by atoms with E-state index in [0.29, 0.717) is 23.5 Å². The zero-order valence-electron chi connectivity index (χ0n) is 16.6. The Morgan fingerprint density at radius 2 is 1.80 bits per heavy atom. The van der Waals surface area contributed by atoms with Crippen LogP contribution in [0.15, 0.2) is 54.6 Å². The zero-order chi connectivity index (χ0) is 21.3. The molecule has 4 nitrogen and oxygen atoms in total. The number of hydrogen-bond donors (Lipinski definition) is 0. The Kier molecular flexibility index (Phi) is 5.20. The fourth-order valence-electron chi connectivity index (χ4n) is 3.51. The molecule has 0 spiro atoms. The van der Waals surface area contributed by atoms with E-state index in [2.05, 4.69) is 11.1 Å². The van der Waals surface area contributed by atoms with Crippen molar-refractivity contribution >= 4 is 10.9 Å².